The van der Waals surface area contributed by atoms with Crippen molar-refractivity contribution in [2.75, 3.05) is 17.3 Å². The first-order valence-electron chi connectivity index (χ1n) is 15.0. The standard InChI is InChI=1S/C36H45O6S4/c1-34(2,3)40-31(37)22-43-25-10-16-28(17-11-25)46(29-18-12-26(13-19-29)44-23-32(38)41-35(4,5)6)30-20-14-27(15-21-30)45-24-33(39)42-36(7,8)9/h10-21H,22-24H2,1-9H3/q+1. The first-order valence-corrected chi connectivity index (χ1v) is 19.1. The molecule has 0 atom stereocenters. The molecule has 0 heterocycles. The fraction of sp³-hybridized carbons (Fsp3) is 0.417. The summed E-state index contributed by atoms with van der Waals surface area (Å²) < 4.78 is 16.3. The van der Waals surface area contributed by atoms with E-state index in [-0.39, 0.29) is 35.2 Å². The third-order valence-electron chi connectivity index (χ3n) is 5.51. The number of benzene rings is 3. The molecule has 46 heavy (non-hydrogen) atoms. The fourth-order valence-corrected chi connectivity index (χ4v) is 8.02. The van der Waals surface area contributed by atoms with Crippen molar-refractivity contribution in [3.8, 4) is 0 Å². The van der Waals surface area contributed by atoms with E-state index in [2.05, 4.69) is 36.4 Å². The summed E-state index contributed by atoms with van der Waals surface area (Å²) in [5, 5.41) is 0. The molecule has 6 nitrogen and oxygen atoms in total. The number of ether oxygens (including phenoxy) is 3. The third-order valence-corrected chi connectivity index (χ3v) is 10.7. The van der Waals surface area contributed by atoms with Gasteiger partial charge in [0, 0.05) is 14.7 Å². The highest BCUT2D eigenvalue weighted by Crippen LogP contribution is 2.35. The molecule has 0 radical (unpaired) electrons. The van der Waals surface area contributed by atoms with Crippen LogP contribution in [0.5, 0.6) is 0 Å². The summed E-state index contributed by atoms with van der Waals surface area (Å²) in [6.07, 6.45) is 0. The van der Waals surface area contributed by atoms with Crippen LogP contribution in [-0.4, -0.2) is 52.0 Å². The molecule has 0 aliphatic carbocycles. The monoisotopic (exact) mass is 701 g/mol. The van der Waals surface area contributed by atoms with Gasteiger partial charge in [-0.3, -0.25) is 14.4 Å². The van der Waals surface area contributed by atoms with Crippen LogP contribution in [0.2, 0.25) is 0 Å². The average Bonchev–Trinajstić information content (AvgIpc) is 2.93. The Bertz CT molecular complexity index is 1270. The molecule has 3 rings (SSSR count). The quantitative estimate of drug-likeness (QED) is 0.0795. The van der Waals surface area contributed by atoms with Crippen LogP contribution in [0.4, 0.5) is 0 Å². The lowest BCUT2D eigenvalue weighted by atomic mass is 10.2. The molecule has 0 fully saturated rings. The Morgan fingerprint density at radius 3 is 0.870 bits per heavy atom. The lowest BCUT2D eigenvalue weighted by molar-refractivity contribution is -0.152. The van der Waals surface area contributed by atoms with Crippen molar-refractivity contribution in [3.05, 3.63) is 72.8 Å². The maximum atomic E-state index is 12.2. The highest BCUT2D eigenvalue weighted by molar-refractivity contribution is 8.00. The highest BCUT2D eigenvalue weighted by Gasteiger charge is 2.29. The second-order valence-corrected chi connectivity index (χ2v) is 18.5. The molecule has 0 saturated heterocycles. The van der Waals surface area contributed by atoms with Gasteiger partial charge in [-0.1, -0.05) is 0 Å². The van der Waals surface area contributed by atoms with Crippen LogP contribution in [-0.2, 0) is 39.5 Å². The molecule has 0 spiro atoms. The van der Waals surface area contributed by atoms with Gasteiger partial charge in [0.05, 0.1) is 28.2 Å². The Hall–Kier alpha value is -2.53. The molecular weight excluding hydrogens is 657 g/mol. The van der Waals surface area contributed by atoms with E-state index in [0.29, 0.717) is 0 Å². The zero-order valence-corrected chi connectivity index (χ0v) is 31.4. The third kappa shape index (κ3) is 14.1. The SMILES string of the molecule is CC(C)(C)OC(=O)CSc1ccc([S+](c2ccc(SCC(=O)OC(C)(C)C)cc2)c2ccc(SCC(=O)OC(C)(C)C)cc2)cc1. The number of hydrogen-bond donors (Lipinski definition) is 0. The van der Waals surface area contributed by atoms with Gasteiger partial charge in [0.25, 0.3) is 0 Å². The van der Waals surface area contributed by atoms with Gasteiger partial charge in [0.1, 0.15) is 16.8 Å². The summed E-state index contributed by atoms with van der Waals surface area (Å²) in [5.74, 6) is 0.00910. The van der Waals surface area contributed by atoms with E-state index in [1.165, 1.54) is 35.3 Å². The van der Waals surface area contributed by atoms with Crippen molar-refractivity contribution in [2.24, 2.45) is 0 Å². The van der Waals surface area contributed by atoms with Gasteiger partial charge in [-0.15, -0.1) is 35.3 Å². The van der Waals surface area contributed by atoms with Crippen LogP contribution in [0.3, 0.4) is 0 Å². The molecule has 3 aromatic rings. The summed E-state index contributed by atoms with van der Waals surface area (Å²) in [4.78, 5) is 43.0. The Balaban J connectivity index is 1.80. The van der Waals surface area contributed by atoms with Crippen molar-refractivity contribution >= 4 is 64.1 Å². The largest absolute Gasteiger partial charge is 0.459 e. The normalized spacial score (nSPS) is 12.1. The zero-order chi connectivity index (χ0) is 34.1. The minimum absolute atomic E-state index is 0.240. The smallest absolute Gasteiger partial charge is 0.316 e. The Kier molecular flexibility index (Phi) is 13.6. The Morgan fingerprint density at radius 1 is 0.457 bits per heavy atom. The number of carbonyl (C=O) groups excluding carboxylic acids is 3. The molecule has 10 heteroatoms. The van der Waals surface area contributed by atoms with Crippen LogP contribution < -0.4 is 0 Å². The number of carbonyl (C=O) groups is 3. The molecule has 0 unspecified atom stereocenters. The lowest BCUT2D eigenvalue weighted by Crippen LogP contribution is -2.24. The summed E-state index contributed by atoms with van der Waals surface area (Å²) >= 11 is 4.36. The molecule has 0 saturated carbocycles. The molecule has 3 aromatic carbocycles. The summed E-state index contributed by atoms with van der Waals surface area (Å²) in [7, 11) is -0.420. The molecule has 248 valence electrons. The predicted octanol–water partition coefficient (Wildman–Crippen LogP) is 9.08. The molecule has 0 amide bonds. The van der Waals surface area contributed by atoms with Gasteiger partial charge >= 0.3 is 17.9 Å². The van der Waals surface area contributed by atoms with E-state index in [0.717, 1.165) is 29.4 Å². The van der Waals surface area contributed by atoms with Gasteiger partial charge in [-0.2, -0.15) is 0 Å². The average molecular weight is 702 g/mol. The van der Waals surface area contributed by atoms with E-state index < -0.39 is 27.7 Å². The second-order valence-electron chi connectivity index (χ2n) is 13.3. The van der Waals surface area contributed by atoms with Gasteiger partial charge in [0.15, 0.2) is 14.7 Å². The number of thioether (sulfide) groups is 3. The maximum Gasteiger partial charge on any atom is 0.316 e. The zero-order valence-electron chi connectivity index (χ0n) is 28.1. The molecule has 0 aromatic heterocycles. The van der Waals surface area contributed by atoms with Crippen LogP contribution in [0.15, 0.2) is 102 Å². The Morgan fingerprint density at radius 2 is 0.674 bits per heavy atom. The fourth-order valence-electron chi connectivity index (χ4n) is 3.96. The molecular formula is C36H45O6S4+. The van der Waals surface area contributed by atoms with E-state index >= 15 is 0 Å². The van der Waals surface area contributed by atoms with Crippen molar-refractivity contribution < 1.29 is 28.6 Å². The van der Waals surface area contributed by atoms with Crippen LogP contribution in [0.1, 0.15) is 62.3 Å². The van der Waals surface area contributed by atoms with Crippen molar-refractivity contribution in [3.63, 3.8) is 0 Å². The second kappa shape index (κ2) is 16.5. The van der Waals surface area contributed by atoms with Crippen LogP contribution in [0, 0.1) is 0 Å². The number of esters is 3. The van der Waals surface area contributed by atoms with Crippen LogP contribution >= 0.6 is 35.3 Å². The lowest BCUT2D eigenvalue weighted by Gasteiger charge is -2.19. The van der Waals surface area contributed by atoms with Gasteiger partial charge in [-0.05, 0) is 135 Å². The summed E-state index contributed by atoms with van der Waals surface area (Å²) in [6, 6.07) is 24.9. The Labute approximate surface area is 289 Å². The van der Waals surface area contributed by atoms with Crippen molar-refractivity contribution in [1.82, 2.24) is 0 Å². The topological polar surface area (TPSA) is 78.9 Å². The molecule has 0 aliphatic heterocycles. The summed E-state index contributed by atoms with van der Waals surface area (Å²) in [6.45, 7) is 16.8. The van der Waals surface area contributed by atoms with E-state index in [4.69, 9.17) is 14.2 Å². The number of hydrogen-bond acceptors (Lipinski definition) is 9. The molecule has 0 aliphatic rings. The first kappa shape index (κ1) is 37.9. The van der Waals surface area contributed by atoms with E-state index in [1.807, 2.05) is 98.7 Å². The van der Waals surface area contributed by atoms with E-state index in [9.17, 15) is 14.4 Å². The number of rotatable bonds is 12. The molecule has 0 bridgehead atoms. The minimum Gasteiger partial charge on any atom is -0.459 e. The van der Waals surface area contributed by atoms with Crippen LogP contribution in [0.25, 0.3) is 0 Å². The van der Waals surface area contributed by atoms with Crippen molar-refractivity contribution in [1.29, 1.82) is 0 Å². The summed E-state index contributed by atoms with van der Waals surface area (Å²) in [5.41, 5.74) is -1.53. The van der Waals surface area contributed by atoms with Gasteiger partial charge in [0.2, 0.25) is 0 Å². The maximum absolute atomic E-state index is 12.2. The van der Waals surface area contributed by atoms with Gasteiger partial charge < -0.3 is 14.2 Å². The highest BCUT2D eigenvalue weighted by atomic mass is 32.2. The minimum atomic E-state index is -0.510. The predicted molar refractivity (Wildman–Crippen MR) is 191 cm³/mol. The van der Waals surface area contributed by atoms with E-state index in [1.54, 1.807) is 0 Å². The first-order chi connectivity index (χ1) is 21.4. The molecule has 0 N–H and O–H groups in total. The van der Waals surface area contributed by atoms with Gasteiger partial charge in [-0.25, -0.2) is 0 Å². The van der Waals surface area contributed by atoms with Crippen molar-refractivity contribution in [2.45, 2.75) is 108 Å².